The van der Waals surface area contributed by atoms with E-state index in [-0.39, 0.29) is 0 Å². The van der Waals surface area contributed by atoms with E-state index in [0.717, 1.165) is 82.5 Å². The highest BCUT2D eigenvalue weighted by Crippen LogP contribution is 2.47. The molecule has 3 aromatic heterocycles. The molecule has 3 heterocycles. The predicted octanol–water partition coefficient (Wildman–Crippen LogP) is 11.5. The highest BCUT2D eigenvalue weighted by molar-refractivity contribution is 6.23. The highest BCUT2D eigenvalue weighted by Gasteiger charge is 2.24. The lowest BCUT2D eigenvalue weighted by atomic mass is 9.92. The van der Waals surface area contributed by atoms with Gasteiger partial charge in [-0.2, -0.15) is 0 Å². The zero-order valence-corrected chi connectivity index (χ0v) is 25.6. The van der Waals surface area contributed by atoms with E-state index in [1.807, 2.05) is 91.0 Å². The molecule has 7 aromatic carbocycles. The van der Waals surface area contributed by atoms with Gasteiger partial charge < -0.3 is 8.83 Å². The molecule has 224 valence electrons. The van der Waals surface area contributed by atoms with Gasteiger partial charge in [-0.05, 0) is 41.1 Å². The number of para-hydroxylation sites is 2. The van der Waals surface area contributed by atoms with E-state index in [0.29, 0.717) is 17.5 Å². The molecule has 0 unspecified atom stereocenters. The van der Waals surface area contributed by atoms with Crippen LogP contribution in [0.25, 0.3) is 99.9 Å². The van der Waals surface area contributed by atoms with Crippen LogP contribution in [0.4, 0.5) is 0 Å². The van der Waals surface area contributed by atoms with E-state index in [9.17, 15) is 0 Å². The summed E-state index contributed by atoms with van der Waals surface area (Å²) in [7, 11) is 0. The monoisotopic (exact) mass is 615 g/mol. The lowest BCUT2D eigenvalue weighted by Gasteiger charge is -2.12. The summed E-state index contributed by atoms with van der Waals surface area (Å²) in [6.07, 6.45) is 0. The van der Waals surface area contributed by atoms with Crippen molar-refractivity contribution in [1.29, 1.82) is 0 Å². The van der Waals surface area contributed by atoms with E-state index < -0.39 is 0 Å². The lowest BCUT2D eigenvalue weighted by Crippen LogP contribution is -2.00. The predicted molar refractivity (Wildman–Crippen MR) is 194 cm³/mol. The van der Waals surface area contributed by atoms with Crippen molar-refractivity contribution < 1.29 is 8.83 Å². The Morgan fingerprint density at radius 3 is 1.60 bits per heavy atom. The normalized spacial score (nSPS) is 11.8. The zero-order valence-electron chi connectivity index (χ0n) is 25.6. The van der Waals surface area contributed by atoms with Crippen molar-refractivity contribution in [2.75, 3.05) is 0 Å². The average Bonchev–Trinajstić information content (AvgIpc) is 3.73. The molecule has 0 fully saturated rings. The number of rotatable bonds is 4. The fourth-order valence-corrected chi connectivity index (χ4v) is 6.93. The Bertz CT molecular complexity index is 2780. The Morgan fingerprint density at radius 2 is 0.896 bits per heavy atom. The molecule has 0 radical (unpaired) electrons. The highest BCUT2D eigenvalue weighted by atomic mass is 16.3. The third kappa shape index (κ3) is 4.08. The first-order chi connectivity index (χ1) is 23.8. The third-order valence-corrected chi connectivity index (χ3v) is 9.13. The van der Waals surface area contributed by atoms with Crippen LogP contribution in [0.15, 0.2) is 160 Å². The lowest BCUT2D eigenvalue weighted by molar-refractivity contribution is 0.665. The SMILES string of the molecule is c1ccc(-c2nc(-c3ccccc3)nc(-c3ccc(-c4c5ccccc5cc5c4oc4ccccc45)c4oc5ccccc5c34)n2)cc1. The van der Waals surface area contributed by atoms with Gasteiger partial charge in [0, 0.05) is 49.4 Å². The Balaban J connectivity index is 1.31. The van der Waals surface area contributed by atoms with Gasteiger partial charge in [0.05, 0.1) is 0 Å². The summed E-state index contributed by atoms with van der Waals surface area (Å²) in [6.45, 7) is 0. The standard InChI is InChI=1S/C43H25N3O2/c1-3-13-26(14-4-1)41-44-42(27-15-5-2-6-16-27)46-43(45-41)33-24-23-32(39-38(33)31-20-10-12-22-36(31)48-39)37-29-18-8-7-17-28(29)25-34-30-19-9-11-21-35(30)47-40(34)37/h1-25H. The molecular weight excluding hydrogens is 590 g/mol. The number of fused-ring (bicyclic) bond motifs is 7. The van der Waals surface area contributed by atoms with Crippen LogP contribution in [0.2, 0.25) is 0 Å². The first-order valence-corrected chi connectivity index (χ1v) is 15.9. The van der Waals surface area contributed by atoms with Gasteiger partial charge in [0.2, 0.25) is 0 Å². The van der Waals surface area contributed by atoms with Crippen molar-refractivity contribution in [3.8, 4) is 45.3 Å². The second-order valence-electron chi connectivity index (χ2n) is 11.9. The summed E-state index contributed by atoms with van der Waals surface area (Å²) in [4.78, 5) is 15.1. The first kappa shape index (κ1) is 26.6. The van der Waals surface area contributed by atoms with Crippen LogP contribution >= 0.6 is 0 Å². The van der Waals surface area contributed by atoms with E-state index in [1.54, 1.807) is 0 Å². The Kier molecular flexibility index (Phi) is 5.81. The summed E-state index contributed by atoms with van der Waals surface area (Å²) in [5.41, 5.74) is 7.91. The van der Waals surface area contributed by atoms with Gasteiger partial charge >= 0.3 is 0 Å². The first-order valence-electron chi connectivity index (χ1n) is 15.9. The summed E-state index contributed by atoms with van der Waals surface area (Å²) >= 11 is 0. The maximum Gasteiger partial charge on any atom is 0.164 e. The van der Waals surface area contributed by atoms with Crippen LogP contribution in [0.1, 0.15) is 0 Å². The van der Waals surface area contributed by atoms with Crippen LogP contribution in [-0.4, -0.2) is 15.0 Å². The maximum atomic E-state index is 6.79. The van der Waals surface area contributed by atoms with Crippen molar-refractivity contribution in [2.24, 2.45) is 0 Å². The summed E-state index contributed by atoms with van der Waals surface area (Å²) in [6, 6.07) is 51.4. The fourth-order valence-electron chi connectivity index (χ4n) is 6.93. The Labute approximate surface area is 274 Å². The van der Waals surface area contributed by atoms with Crippen molar-refractivity contribution in [1.82, 2.24) is 15.0 Å². The van der Waals surface area contributed by atoms with Gasteiger partial charge in [-0.25, -0.2) is 15.0 Å². The molecule has 0 atom stereocenters. The molecule has 0 aliphatic heterocycles. The minimum Gasteiger partial charge on any atom is -0.455 e. The summed E-state index contributed by atoms with van der Waals surface area (Å²) < 4.78 is 13.4. The van der Waals surface area contributed by atoms with Gasteiger partial charge in [0.25, 0.3) is 0 Å². The zero-order chi connectivity index (χ0) is 31.6. The fraction of sp³-hybridized carbons (Fsp3) is 0. The molecule has 0 spiro atoms. The molecule has 0 bridgehead atoms. The smallest absolute Gasteiger partial charge is 0.164 e. The summed E-state index contributed by atoms with van der Waals surface area (Å²) in [5.74, 6) is 1.81. The van der Waals surface area contributed by atoms with E-state index >= 15 is 0 Å². The van der Waals surface area contributed by atoms with Gasteiger partial charge in [-0.15, -0.1) is 0 Å². The molecule has 0 saturated heterocycles. The molecule has 0 aliphatic carbocycles. The number of benzene rings is 7. The van der Waals surface area contributed by atoms with Crippen molar-refractivity contribution in [3.63, 3.8) is 0 Å². The maximum absolute atomic E-state index is 6.79. The van der Waals surface area contributed by atoms with Crippen molar-refractivity contribution in [3.05, 3.63) is 152 Å². The molecule has 0 N–H and O–H groups in total. The van der Waals surface area contributed by atoms with Gasteiger partial charge in [0.15, 0.2) is 17.5 Å². The second kappa shape index (κ2) is 10.5. The third-order valence-electron chi connectivity index (χ3n) is 9.13. The number of aromatic nitrogens is 3. The average molecular weight is 616 g/mol. The molecule has 0 saturated carbocycles. The minimum absolute atomic E-state index is 0.581. The molecule has 5 nitrogen and oxygen atoms in total. The largest absolute Gasteiger partial charge is 0.455 e. The molecule has 5 heteroatoms. The van der Waals surface area contributed by atoms with Gasteiger partial charge in [0.1, 0.15) is 22.3 Å². The second-order valence-corrected chi connectivity index (χ2v) is 11.9. The molecule has 48 heavy (non-hydrogen) atoms. The Morgan fingerprint density at radius 1 is 0.375 bits per heavy atom. The van der Waals surface area contributed by atoms with Crippen LogP contribution in [-0.2, 0) is 0 Å². The molecule has 0 amide bonds. The molecular formula is C43H25N3O2. The van der Waals surface area contributed by atoms with E-state index in [1.165, 1.54) is 0 Å². The van der Waals surface area contributed by atoms with Gasteiger partial charge in [-0.3, -0.25) is 0 Å². The number of hydrogen-bond acceptors (Lipinski definition) is 5. The quantitative estimate of drug-likeness (QED) is 0.197. The number of nitrogens with zero attached hydrogens (tertiary/aromatic N) is 3. The molecule has 0 aliphatic rings. The van der Waals surface area contributed by atoms with Crippen LogP contribution in [0, 0.1) is 0 Å². The Hall–Kier alpha value is -6.59. The van der Waals surface area contributed by atoms with E-state index in [2.05, 4.69) is 60.7 Å². The van der Waals surface area contributed by atoms with Gasteiger partial charge in [-0.1, -0.05) is 121 Å². The topological polar surface area (TPSA) is 65.0 Å². The van der Waals surface area contributed by atoms with Crippen LogP contribution < -0.4 is 0 Å². The summed E-state index contributed by atoms with van der Waals surface area (Å²) in [5, 5.41) is 6.33. The molecule has 10 rings (SSSR count). The van der Waals surface area contributed by atoms with Crippen LogP contribution in [0.5, 0.6) is 0 Å². The van der Waals surface area contributed by atoms with Crippen molar-refractivity contribution >= 4 is 54.6 Å². The van der Waals surface area contributed by atoms with Crippen molar-refractivity contribution in [2.45, 2.75) is 0 Å². The van der Waals surface area contributed by atoms with Crippen LogP contribution in [0.3, 0.4) is 0 Å². The number of furan rings is 2. The number of hydrogen-bond donors (Lipinski definition) is 0. The molecule has 10 aromatic rings. The minimum atomic E-state index is 0.581. The van der Waals surface area contributed by atoms with E-state index in [4.69, 9.17) is 23.8 Å².